The summed E-state index contributed by atoms with van der Waals surface area (Å²) in [4.78, 5) is 19.1. The molecular weight excluding hydrogens is 322 g/mol. The molecule has 1 aliphatic heterocycles. The van der Waals surface area contributed by atoms with Gasteiger partial charge in [0.25, 0.3) is 0 Å². The van der Waals surface area contributed by atoms with E-state index in [1.54, 1.807) is 17.6 Å². The highest BCUT2D eigenvalue weighted by atomic mass is 32.1. The van der Waals surface area contributed by atoms with Crippen molar-refractivity contribution in [3.8, 4) is 0 Å². The Morgan fingerprint density at radius 2 is 2.25 bits per heavy atom. The summed E-state index contributed by atoms with van der Waals surface area (Å²) in [5.74, 6) is 0.863. The van der Waals surface area contributed by atoms with E-state index in [-0.39, 0.29) is 12.1 Å². The maximum Gasteiger partial charge on any atom is 0.322 e. The van der Waals surface area contributed by atoms with Crippen molar-refractivity contribution in [3.05, 3.63) is 47.9 Å². The van der Waals surface area contributed by atoms with Gasteiger partial charge in [-0.1, -0.05) is 12.8 Å². The molecule has 0 bridgehead atoms. The molecule has 1 unspecified atom stereocenters. The molecular formula is C18H19N3O2S. The van der Waals surface area contributed by atoms with E-state index in [2.05, 4.69) is 10.3 Å². The Morgan fingerprint density at radius 3 is 3.12 bits per heavy atom. The lowest BCUT2D eigenvalue weighted by molar-refractivity contribution is 0.179. The van der Waals surface area contributed by atoms with Crippen LogP contribution in [0, 0.1) is 0 Å². The van der Waals surface area contributed by atoms with Crippen molar-refractivity contribution in [1.29, 1.82) is 0 Å². The lowest BCUT2D eigenvalue weighted by atomic mass is 10.1. The number of hydrogen-bond donors (Lipinski definition) is 1. The number of likely N-dealkylation sites (tertiary alicyclic amines) is 1. The summed E-state index contributed by atoms with van der Waals surface area (Å²) in [5.41, 5.74) is 3.51. The number of benzene rings is 1. The van der Waals surface area contributed by atoms with Gasteiger partial charge >= 0.3 is 6.03 Å². The maximum absolute atomic E-state index is 12.9. The van der Waals surface area contributed by atoms with Crippen LogP contribution >= 0.6 is 11.3 Å². The summed E-state index contributed by atoms with van der Waals surface area (Å²) >= 11 is 1.60. The van der Waals surface area contributed by atoms with Crippen LogP contribution in [-0.2, 0) is 0 Å². The number of rotatable bonds is 2. The molecule has 1 fully saturated rings. The molecule has 0 radical (unpaired) electrons. The van der Waals surface area contributed by atoms with Gasteiger partial charge in [-0.3, -0.25) is 0 Å². The maximum atomic E-state index is 12.9. The Balaban J connectivity index is 1.56. The van der Waals surface area contributed by atoms with E-state index in [0.29, 0.717) is 0 Å². The molecule has 2 amide bonds. The topological polar surface area (TPSA) is 58.4 Å². The second-order valence-electron chi connectivity index (χ2n) is 6.04. The Labute approximate surface area is 144 Å². The normalized spacial score (nSPS) is 18.5. The number of nitrogens with one attached hydrogen (secondary N) is 1. The number of fused-ring (bicyclic) bond motifs is 1. The first-order valence-electron chi connectivity index (χ1n) is 8.25. The van der Waals surface area contributed by atoms with Crippen LogP contribution in [0.25, 0.3) is 10.2 Å². The van der Waals surface area contributed by atoms with Gasteiger partial charge in [-0.05, 0) is 43.2 Å². The molecule has 5 nitrogen and oxygen atoms in total. The number of hydrogen-bond acceptors (Lipinski definition) is 4. The minimum absolute atomic E-state index is 0.00510. The van der Waals surface area contributed by atoms with Crippen molar-refractivity contribution < 1.29 is 9.21 Å². The molecule has 1 atom stereocenters. The Kier molecular flexibility index (Phi) is 4.21. The largest absolute Gasteiger partial charge is 0.467 e. The first-order chi connectivity index (χ1) is 11.8. The van der Waals surface area contributed by atoms with Crippen LogP contribution in [0.3, 0.4) is 0 Å². The molecule has 1 saturated heterocycles. The Bertz CT molecular complexity index is 828. The van der Waals surface area contributed by atoms with Crippen LogP contribution < -0.4 is 5.32 Å². The number of nitrogens with zero attached hydrogens (tertiary/aromatic N) is 2. The van der Waals surface area contributed by atoms with E-state index in [1.807, 2.05) is 40.7 Å². The number of thiazole rings is 1. The van der Waals surface area contributed by atoms with Crippen molar-refractivity contribution in [1.82, 2.24) is 9.88 Å². The minimum Gasteiger partial charge on any atom is -0.467 e. The average molecular weight is 341 g/mol. The highest BCUT2D eigenvalue weighted by molar-refractivity contribution is 7.16. The monoisotopic (exact) mass is 341 g/mol. The number of furan rings is 1. The van der Waals surface area contributed by atoms with E-state index in [9.17, 15) is 4.79 Å². The van der Waals surface area contributed by atoms with E-state index >= 15 is 0 Å². The number of urea groups is 1. The van der Waals surface area contributed by atoms with Crippen LogP contribution in [0.1, 0.15) is 37.5 Å². The standard InChI is InChI=1S/C18H19N3O2S/c22-18(20-13-7-8-17-14(11-13)19-12-24-17)21-9-3-1-2-5-15(21)16-6-4-10-23-16/h4,6-8,10-12,15H,1-3,5,9H2,(H,20,22). The molecule has 24 heavy (non-hydrogen) atoms. The van der Waals surface area contributed by atoms with Gasteiger partial charge in [0.2, 0.25) is 0 Å². The van der Waals surface area contributed by atoms with Crippen LogP contribution in [0.2, 0.25) is 0 Å². The van der Waals surface area contributed by atoms with Gasteiger partial charge in [-0.25, -0.2) is 9.78 Å². The smallest absolute Gasteiger partial charge is 0.322 e. The minimum atomic E-state index is -0.0760. The molecule has 4 rings (SSSR count). The van der Waals surface area contributed by atoms with E-state index in [0.717, 1.165) is 53.9 Å². The highest BCUT2D eigenvalue weighted by Crippen LogP contribution is 2.31. The predicted octanol–water partition coefficient (Wildman–Crippen LogP) is 5.04. The Hall–Kier alpha value is -2.34. The molecule has 1 aliphatic rings. The highest BCUT2D eigenvalue weighted by Gasteiger charge is 2.28. The lowest BCUT2D eigenvalue weighted by Gasteiger charge is -2.28. The fourth-order valence-corrected chi connectivity index (χ4v) is 3.92. The van der Waals surface area contributed by atoms with Gasteiger partial charge in [0.1, 0.15) is 5.76 Å². The zero-order valence-corrected chi connectivity index (χ0v) is 14.1. The van der Waals surface area contributed by atoms with Gasteiger partial charge in [-0.15, -0.1) is 11.3 Å². The first-order valence-corrected chi connectivity index (χ1v) is 9.13. The van der Waals surface area contributed by atoms with Gasteiger partial charge < -0.3 is 14.6 Å². The predicted molar refractivity (Wildman–Crippen MR) is 95.3 cm³/mol. The van der Waals surface area contributed by atoms with Gasteiger partial charge in [0.05, 0.1) is 28.0 Å². The molecule has 3 heterocycles. The van der Waals surface area contributed by atoms with Gasteiger partial charge in [0.15, 0.2) is 0 Å². The number of anilines is 1. The molecule has 1 N–H and O–H groups in total. The number of amides is 2. The van der Waals surface area contributed by atoms with Crippen LogP contribution in [0.4, 0.5) is 10.5 Å². The second-order valence-corrected chi connectivity index (χ2v) is 6.93. The van der Waals surface area contributed by atoms with Crippen molar-refractivity contribution in [2.75, 3.05) is 11.9 Å². The summed E-state index contributed by atoms with van der Waals surface area (Å²) in [6.45, 7) is 0.746. The van der Waals surface area contributed by atoms with Gasteiger partial charge in [-0.2, -0.15) is 0 Å². The Morgan fingerprint density at radius 1 is 1.29 bits per heavy atom. The number of carbonyl (C=O) groups is 1. The van der Waals surface area contributed by atoms with E-state index in [1.165, 1.54) is 0 Å². The summed E-state index contributed by atoms with van der Waals surface area (Å²) in [6, 6.07) is 9.61. The number of carbonyl (C=O) groups excluding carboxylic acids is 1. The molecule has 6 heteroatoms. The SMILES string of the molecule is O=C(Nc1ccc2scnc2c1)N1CCCCCC1c1ccco1. The summed E-state index contributed by atoms with van der Waals surface area (Å²) in [5, 5.41) is 3.02. The third kappa shape index (κ3) is 3.01. The third-order valence-electron chi connectivity index (χ3n) is 4.47. The average Bonchev–Trinajstić information content (AvgIpc) is 3.21. The zero-order chi connectivity index (χ0) is 16.4. The van der Waals surface area contributed by atoms with E-state index in [4.69, 9.17) is 4.42 Å². The van der Waals surface area contributed by atoms with E-state index < -0.39 is 0 Å². The first kappa shape index (κ1) is 15.2. The molecule has 124 valence electrons. The quantitative estimate of drug-likeness (QED) is 0.710. The molecule has 2 aromatic heterocycles. The fraction of sp³-hybridized carbons (Fsp3) is 0.333. The summed E-state index contributed by atoms with van der Waals surface area (Å²) in [7, 11) is 0. The van der Waals surface area contributed by atoms with Crippen molar-refractivity contribution in [2.45, 2.75) is 31.7 Å². The van der Waals surface area contributed by atoms with Crippen molar-refractivity contribution in [2.24, 2.45) is 0 Å². The van der Waals surface area contributed by atoms with Crippen LogP contribution in [-0.4, -0.2) is 22.5 Å². The summed E-state index contributed by atoms with van der Waals surface area (Å²) in [6.07, 6.45) is 5.89. The summed E-state index contributed by atoms with van der Waals surface area (Å²) < 4.78 is 6.70. The zero-order valence-electron chi connectivity index (χ0n) is 13.3. The molecule has 0 spiro atoms. The van der Waals surface area contributed by atoms with Crippen molar-refractivity contribution >= 4 is 33.3 Å². The molecule has 0 saturated carbocycles. The second kappa shape index (κ2) is 6.65. The van der Waals surface area contributed by atoms with Crippen LogP contribution in [0.15, 0.2) is 46.5 Å². The third-order valence-corrected chi connectivity index (χ3v) is 5.28. The molecule has 0 aliphatic carbocycles. The number of aromatic nitrogens is 1. The fourth-order valence-electron chi connectivity index (χ4n) is 3.26. The lowest BCUT2D eigenvalue weighted by Crippen LogP contribution is -2.37. The van der Waals surface area contributed by atoms with Gasteiger partial charge in [0, 0.05) is 12.2 Å². The van der Waals surface area contributed by atoms with Crippen LogP contribution in [0.5, 0.6) is 0 Å². The molecule has 3 aromatic rings. The molecule has 1 aromatic carbocycles. The van der Waals surface area contributed by atoms with Crippen molar-refractivity contribution in [3.63, 3.8) is 0 Å².